The Morgan fingerprint density at radius 2 is 1.76 bits per heavy atom. The second-order valence-corrected chi connectivity index (χ2v) is 9.14. The SMILES string of the molecule is Cc1ccc(O[C@@H]2c3ccccc3C[C@H]2N2CCC[C@H](N)C2)c(N=Nc2ccccc2N)c1. The van der Waals surface area contributed by atoms with Gasteiger partial charge in [0.05, 0.1) is 11.7 Å². The number of benzene rings is 3. The zero-order valence-corrected chi connectivity index (χ0v) is 19.0. The molecule has 5 rings (SSSR count). The van der Waals surface area contributed by atoms with Crippen LogP contribution in [0.3, 0.4) is 0 Å². The van der Waals surface area contributed by atoms with E-state index in [0.717, 1.165) is 43.7 Å². The molecule has 6 heteroatoms. The number of likely N-dealkylation sites (tertiary alicyclic amines) is 1. The molecule has 6 nitrogen and oxygen atoms in total. The fourth-order valence-corrected chi connectivity index (χ4v) is 4.97. The highest BCUT2D eigenvalue weighted by atomic mass is 16.5. The Hall–Kier alpha value is -3.22. The average molecular weight is 442 g/mol. The van der Waals surface area contributed by atoms with E-state index in [9.17, 15) is 0 Å². The summed E-state index contributed by atoms with van der Waals surface area (Å²) in [7, 11) is 0. The third-order valence-corrected chi connectivity index (χ3v) is 6.67. The smallest absolute Gasteiger partial charge is 0.147 e. The van der Waals surface area contributed by atoms with Gasteiger partial charge in [0.2, 0.25) is 0 Å². The van der Waals surface area contributed by atoms with Crippen molar-refractivity contribution in [1.29, 1.82) is 0 Å². The number of nitrogen functional groups attached to an aromatic ring is 1. The number of nitrogens with zero attached hydrogens (tertiary/aromatic N) is 3. The normalized spacial score (nSPS) is 23.0. The highest BCUT2D eigenvalue weighted by Crippen LogP contribution is 2.41. The van der Waals surface area contributed by atoms with Crippen LogP contribution in [0.5, 0.6) is 5.75 Å². The lowest BCUT2D eigenvalue weighted by Gasteiger charge is -2.38. The lowest BCUT2D eigenvalue weighted by Crippen LogP contribution is -2.49. The van der Waals surface area contributed by atoms with Crippen LogP contribution in [0.4, 0.5) is 17.1 Å². The zero-order valence-electron chi connectivity index (χ0n) is 19.0. The van der Waals surface area contributed by atoms with Crippen molar-refractivity contribution in [2.45, 2.75) is 44.4 Å². The molecule has 4 N–H and O–H groups in total. The Morgan fingerprint density at radius 3 is 2.61 bits per heavy atom. The van der Waals surface area contributed by atoms with E-state index in [1.54, 1.807) is 0 Å². The van der Waals surface area contributed by atoms with Crippen LogP contribution in [0.2, 0.25) is 0 Å². The lowest BCUT2D eigenvalue weighted by atomic mass is 10.0. The molecule has 2 aliphatic rings. The van der Waals surface area contributed by atoms with Crippen molar-refractivity contribution in [3.05, 3.63) is 83.4 Å². The predicted octanol–water partition coefficient (Wildman–Crippen LogP) is 5.46. The molecule has 1 aliphatic carbocycles. The van der Waals surface area contributed by atoms with Gasteiger partial charge in [-0.25, -0.2) is 0 Å². The van der Waals surface area contributed by atoms with Crippen molar-refractivity contribution in [1.82, 2.24) is 4.90 Å². The van der Waals surface area contributed by atoms with E-state index in [1.165, 1.54) is 11.1 Å². The summed E-state index contributed by atoms with van der Waals surface area (Å²) in [4.78, 5) is 2.51. The molecule has 3 aromatic carbocycles. The summed E-state index contributed by atoms with van der Waals surface area (Å²) >= 11 is 0. The lowest BCUT2D eigenvalue weighted by molar-refractivity contribution is 0.0596. The van der Waals surface area contributed by atoms with Crippen molar-refractivity contribution in [3.8, 4) is 5.75 Å². The van der Waals surface area contributed by atoms with Crippen LogP contribution < -0.4 is 16.2 Å². The van der Waals surface area contributed by atoms with Crippen molar-refractivity contribution in [2.24, 2.45) is 16.0 Å². The largest absolute Gasteiger partial charge is 0.482 e. The third kappa shape index (κ3) is 4.63. The molecular formula is C27H31N5O. The maximum Gasteiger partial charge on any atom is 0.147 e. The molecule has 3 aromatic rings. The van der Waals surface area contributed by atoms with Gasteiger partial charge in [0.1, 0.15) is 23.2 Å². The maximum absolute atomic E-state index is 6.74. The van der Waals surface area contributed by atoms with Gasteiger partial charge in [-0.05, 0) is 73.7 Å². The highest BCUT2D eigenvalue weighted by molar-refractivity contribution is 5.62. The topological polar surface area (TPSA) is 89.2 Å². The number of ether oxygens (including phenoxy) is 1. The van der Waals surface area contributed by atoms with Crippen molar-refractivity contribution < 1.29 is 4.74 Å². The number of anilines is 1. The first-order chi connectivity index (χ1) is 16.1. The molecule has 1 heterocycles. The molecule has 1 fully saturated rings. The van der Waals surface area contributed by atoms with Gasteiger partial charge in [0.25, 0.3) is 0 Å². The molecule has 1 aliphatic heterocycles. The monoisotopic (exact) mass is 441 g/mol. The van der Waals surface area contributed by atoms with Crippen LogP contribution in [0.25, 0.3) is 0 Å². The summed E-state index contributed by atoms with van der Waals surface area (Å²) in [5.41, 5.74) is 18.0. The second-order valence-electron chi connectivity index (χ2n) is 9.14. The van der Waals surface area contributed by atoms with Gasteiger partial charge in [-0.3, -0.25) is 4.90 Å². The minimum absolute atomic E-state index is 0.0787. The van der Waals surface area contributed by atoms with Crippen LogP contribution >= 0.6 is 0 Å². The summed E-state index contributed by atoms with van der Waals surface area (Å²) in [5.74, 6) is 0.729. The van der Waals surface area contributed by atoms with Gasteiger partial charge in [0.15, 0.2) is 0 Å². The third-order valence-electron chi connectivity index (χ3n) is 6.67. The van der Waals surface area contributed by atoms with Crippen molar-refractivity contribution in [3.63, 3.8) is 0 Å². The molecule has 170 valence electrons. The van der Waals surface area contributed by atoms with Crippen molar-refractivity contribution in [2.75, 3.05) is 18.8 Å². The van der Waals surface area contributed by atoms with Gasteiger partial charge in [-0.2, -0.15) is 0 Å². The van der Waals surface area contributed by atoms with Crippen LogP contribution in [0.1, 0.15) is 35.6 Å². The zero-order chi connectivity index (χ0) is 22.8. The van der Waals surface area contributed by atoms with E-state index in [-0.39, 0.29) is 18.2 Å². The fraction of sp³-hybridized carbons (Fsp3) is 0.333. The Kier molecular flexibility index (Phi) is 6.11. The first-order valence-corrected chi connectivity index (χ1v) is 11.7. The number of hydrogen-bond donors (Lipinski definition) is 2. The number of nitrogens with two attached hydrogens (primary N) is 2. The quantitative estimate of drug-likeness (QED) is 0.406. The molecule has 0 spiro atoms. The summed E-state index contributed by atoms with van der Waals surface area (Å²) < 4.78 is 6.74. The number of piperidine rings is 1. The van der Waals surface area contributed by atoms with Crippen LogP contribution in [-0.2, 0) is 6.42 Å². The number of azo groups is 1. The second kappa shape index (κ2) is 9.33. The molecule has 0 unspecified atom stereocenters. The van der Waals surface area contributed by atoms with E-state index in [4.69, 9.17) is 16.2 Å². The molecule has 3 atom stereocenters. The molecule has 33 heavy (non-hydrogen) atoms. The Bertz CT molecular complexity index is 1160. The Balaban J connectivity index is 1.47. The number of rotatable bonds is 5. The average Bonchev–Trinajstić information content (AvgIpc) is 3.18. The van der Waals surface area contributed by atoms with Gasteiger partial charge in [-0.15, -0.1) is 10.2 Å². The highest BCUT2D eigenvalue weighted by Gasteiger charge is 2.39. The van der Waals surface area contributed by atoms with Crippen LogP contribution in [-0.4, -0.2) is 30.1 Å². The molecule has 0 bridgehead atoms. The van der Waals surface area contributed by atoms with Crippen LogP contribution in [0, 0.1) is 6.92 Å². The summed E-state index contributed by atoms with van der Waals surface area (Å²) in [6, 6.07) is 22.6. The standard InChI is InChI=1S/C27H31N5O/c1-18-12-13-26(24(15-18)31-30-23-11-5-4-10-22(23)29)33-27-21-9-3-2-7-19(21)16-25(27)32-14-6-8-20(28)17-32/h2-5,7,9-13,15,20,25,27H,6,8,14,16-17,28-29H2,1H3/t20-,25+,27+/m0/s1. The summed E-state index contributed by atoms with van der Waals surface area (Å²) in [6.45, 7) is 4.01. The van der Waals surface area contributed by atoms with Crippen LogP contribution in [0.15, 0.2) is 77.0 Å². The Labute approximate surface area is 195 Å². The Morgan fingerprint density at radius 1 is 0.970 bits per heavy atom. The van der Waals surface area contributed by atoms with E-state index >= 15 is 0 Å². The maximum atomic E-state index is 6.74. The van der Waals surface area contributed by atoms with E-state index < -0.39 is 0 Å². The van der Waals surface area contributed by atoms with E-state index in [2.05, 4.69) is 45.5 Å². The minimum atomic E-state index is -0.0787. The molecule has 0 amide bonds. The molecule has 0 radical (unpaired) electrons. The minimum Gasteiger partial charge on any atom is -0.482 e. The number of hydrogen-bond acceptors (Lipinski definition) is 6. The first-order valence-electron chi connectivity index (χ1n) is 11.7. The predicted molar refractivity (Wildman–Crippen MR) is 132 cm³/mol. The summed E-state index contributed by atoms with van der Waals surface area (Å²) in [5, 5.41) is 8.94. The number of fused-ring (bicyclic) bond motifs is 1. The summed E-state index contributed by atoms with van der Waals surface area (Å²) in [6.07, 6.45) is 3.11. The number of para-hydroxylation sites is 1. The van der Waals surface area contributed by atoms with Gasteiger partial charge < -0.3 is 16.2 Å². The fourth-order valence-electron chi connectivity index (χ4n) is 4.97. The van der Waals surface area contributed by atoms with Crippen molar-refractivity contribution >= 4 is 17.1 Å². The van der Waals surface area contributed by atoms with Gasteiger partial charge in [0, 0.05) is 12.6 Å². The van der Waals surface area contributed by atoms with E-state index in [0.29, 0.717) is 17.1 Å². The van der Waals surface area contributed by atoms with E-state index in [1.807, 2.05) is 43.3 Å². The van der Waals surface area contributed by atoms with Gasteiger partial charge >= 0.3 is 0 Å². The molecule has 0 aromatic heterocycles. The molecular weight excluding hydrogens is 410 g/mol. The van der Waals surface area contributed by atoms with Gasteiger partial charge in [-0.1, -0.05) is 42.5 Å². The first kappa shape index (κ1) is 21.6. The number of aryl methyl sites for hydroxylation is 1. The molecule has 1 saturated heterocycles. The molecule has 0 saturated carbocycles.